The summed E-state index contributed by atoms with van der Waals surface area (Å²) >= 11 is 4.91. The van der Waals surface area contributed by atoms with Gasteiger partial charge in [0.1, 0.15) is 10.4 Å². The van der Waals surface area contributed by atoms with Crippen LogP contribution in [0.15, 0.2) is 50.5 Å². The summed E-state index contributed by atoms with van der Waals surface area (Å²) in [5.74, 6) is -0.00749. The molecule has 2 aromatic heterocycles. The Morgan fingerprint density at radius 3 is 2.96 bits per heavy atom. The topological polar surface area (TPSA) is 62.4 Å². The number of benzene rings is 1. The van der Waals surface area contributed by atoms with Crippen LogP contribution < -0.4 is 14.6 Å². The number of aromatic nitrogens is 1. The van der Waals surface area contributed by atoms with Crippen molar-refractivity contribution in [3.63, 3.8) is 0 Å². The van der Waals surface area contributed by atoms with Gasteiger partial charge >= 0.3 is 5.97 Å². The van der Waals surface area contributed by atoms with Crippen LogP contribution in [0.4, 0.5) is 5.69 Å². The van der Waals surface area contributed by atoms with E-state index in [1.165, 1.54) is 4.90 Å². The van der Waals surface area contributed by atoms with E-state index in [1.807, 2.05) is 22.1 Å². The fourth-order valence-corrected chi connectivity index (χ4v) is 6.06. The molecule has 0 radical (unpaired) electrons. The van der Waals surface area contributed by atoms with Crippen LogP contribution in [0.5, 0.6) is 5.75 Å². The number of hydrogen-bond donors (Lipinski definition) is 2. The first-order valence-electron chi connectivity index (χ1n) is 8.73. The molecule has 5 nitrogen and oxygen atoms in total. The van der Waals surface area contributed by atoms with Crippen molar-refractivity contribution in [2.24, 2.45) is 0 Å². The van der Waals surface area contributed by atoms with Gasteiger partial charge < -0.3 is 15.2 Å². The van der Waals surface area contributed by atoms with Crippen molar-refractivity contribution in [1.29, 1.82) is 0 Å². The van der Waals surface area contributed by atoms with Gasteiger partial charge in [0.05, 0.1) is 23.2 Å². The van der Waals surface area contributed by atoms with Crippen molar-refractivity contribution < 1.29 is 19.2 Å². The third-order valence-electron chi connectivity index (χ3n) is 4.37. The minimum atomic E-state index is -0.834. The molecule has 0 amide bonds. The predicted molar refractivity (Wildman–Crippen MR) is 116 cm³/mol. The van der Waals surface area contributed by atoms with Crippen LogP contribution in [0.2, 0.25) is 0 Å². The molecule has 2 N–H and O–H groups in total. The molecule has 0 spiro atoms. The summed E-state index contributed by atoms with van der Waals surface area (Å²) in [4.78, 5) is 12.5. The van der Waals surface area contributed by atoms with E-state index in [1.54, 1.807) is 41.5 Å². The first kappa shape index (κ1) is 19.0. The number of nitrogens with one attached hydrogen (secondary N) is 1. The lowest BCUT2D eigenvalue weighted by Gasteiger charge is -2.02. The molecule has 3 aromatic rings. The number of nitrogens with zero attached hydrogens (tertiary/aromatic N) is 1. The molecule has 0 fully saturated rings. The van der Waals surface area contributed by atoms with Crippen molar-refractivity contribution >= 4 is 62.4 Å². The largest absolute Gasteiger partial charge is 0.497 e. The van der Waals surface area contributed by atoms with Gasteiger partial charge in [-0.3, -0.25) is 0 Å². The van der Waals surface area contributed by atoms with Gasteiger partial charge in [0.2, 0.25) is 12.1 Å². The summed E-state index contributed by atoms with van der Waals surface area (Å²) < 4.78 is 8.29. The van der Waals surface area contributed by atoms with E-state index >= 15 is 0 Å². The highest BCUT2D eigenvalue weighted by molar-refractivity contribution is 8.03. The van der Waals surface area contributed by atoms with Crippen LogP contribution in [-0.4, -0.2) is 18.2 Å². The Morgan fingerprint density at radius 1 is 1.36 bits per heavy atom. The minimum Gasteiger partial charge on any atom is -0.497 e. The Labute approximate surface area is 175 Å². The second-order valence-corrected chi connectivity index (χ2v) is 9.10. The van der Waals surface area contributed by atoms with Gasteiger partial charge in [-0.1, -0.05) is 30.0 Å². The smallest absolute Gasteiger partial charge is 0.370 e. The second kappa shape index (κ2) is 7.98. The Bertz CT molecular complexity index is 1110. The van der Waals surface area contributed by atoms with Crippen LogP contribution in [-0.2, 0) is 11.3 Å². The summed E-state index contributed by atoms with van der Waals surface area (Å²) in [6.07, 6.45) is 5.08. The van der Waals surface area contributed by atoms with E-state index in [9.17, 15) is 9.90 Å². The second-order valence-electron chi connectivity index (χ2n) is 6.21. The molecule has 0 saturated heterocycles. The molecule has 0 atom stereocenters. The van der Waals surface area contributed by atoms with Gasteiger partial charge in [-0.25, -0.2) is 4.79 Å². The van der Waals surface area contributed by atoms with Crippen molar-refractivity contribution in [1.82, 2.24) is 0 Å². The van der Waals surface area contributed by atoms with Crippen molar-refractivity contribution in [3.8, 4) is 5.75 Å². The van der Waals surface area contributed by atoms with Crippen LogP contribution >= 0.6 is 34.4 Å². The first-order chi connectivity index (χ1) is 13.6. The number of carboxylic acids is 1. The number of anilines is 1. The number of methoxy groups -OCH3 is 1. The number of rotatable bonds is 6. The third kappa shape index (κ3) is 3.80. The Morgan fingerprint density at radius 2 is 2.21 bits per heavy atom. The fraction of sp³-hybridized carbons (Fsp3) is 0.200. The van der Waals surface area contributed by atoms with E-state index in [0.29, 0.717) is 0 Å². The molecule has 28 heavy (non-hydrogen) atoms. The molecule has 0 saturated carbocycles. The number of fused-ring (bicyclic) bond motifs is 2. The average molecular weight is 432 g/mol. The standard InChI is InChI=1S/C20H18N2O3S3/c1-3-12(6-18-21-14-8-13(25-2)4-5-16(14)27-18)7-19-22(9-20(23)24)15-10-26-11-17(15)28-19/h4-8,10-11H,3,9H2,1-2H3,(H,23,24)/p+1. The van der Waals surface area contributed by atoms with Crippen molar-refractivity contribution in [3.05, 3.63) is 50.6 Å². The maximum atomic E-state index is 11.3. The quantitative estimate of drug-likeness (QED) is 0.526. The highest BCUT2D eigenvalue weighted by Crippen LogP contribution is 2.43. The summed E-state index contributed by atoms with van der Waals surface area (Å²) in [5.41, 5.74) is 3.17. The summed E-state index contributed by atoms with van der Waals surface area (Å²) in [6.45, 7) is 2.07. The molecule has 1 aliphatic rings. The highest BCUT2D eigenvalue weighted by Gasteiger charge is 2.23. The summed E-state index contributed by atoms with van der Waals surface area (Å²) in [5, 5.41) is 18.8. The normalized spacial score (nSPS) is 15.1. The van der Waals surface area contributed by atoms with Crippen LogP contribution in [0.25, 0.3) is 16.3 Å². The molecule has 0 bridgehead atoms. The number of carboxylic acid groups (broad SMARTS) is 1. The number of thioether (sulfide) groups is 1. The Kier molecular flexibility index (Phi) is 5.43. The molecular formula is C20H19N2O3S3+. The summed E-state index contributed by atoms with van der Waals surface area (Å²) in [7, 11) is 1.66. The van der Waals surface area contributed by atoms with Crippen LogP contribution in [0.1, 0.15) is 18.4 Å². The summed E-state index contributed by atoms with van der Waals surface area (Å²) in [6, 6.07) is 6.00. The van der Waals surface area contributed by atoms with E-state index < -0.39 is 5.97 Å². The minimum absolute atomic E-state index is 0.0334. The monoisotopic (exact) mass is 431 g/mol. The Balaban J connectivity index is 1.65. The number of thiophene rings is 1. The first-order valence-corrected chi connectivity index (χ1v) is 11.3. The van der Waals surface area contributed by atoms with Crippen LogP contribution in [0.3, 0.4) is 0 Å². The number of carbonyl (C=O) groups is 1. The average Bonchev–Trinajstić information content (AvgIpc) is 3.36. The molecule has 1 aromatic carbocycles. The van der Waals surface area contributed by atoms with Gasteiger partial charge in [0.15, 0.2) is 0 Å². The van der Waals surface area contributed by atoms with Gasteiger partial charge in [0.25, 0.3) is 5.01 Å². The SMILES string of the molecule is CCC(=Cc1sc2cscc2[n+]1CC(=O)O)C=C1Nc2cc(OC)ccc2S1. The molecule has 0 aliphatic carbocycles. The molecule has 8 heteroatoms. The lowest BCUT2D eigenvalue weighted by molar-refractivity contribution is -0.657. The Hall–Kier alpha value is -2.29. The molecular weight excluding hydrogens is 412 g/mol. The zero-order chi connectivity index (χ0) is 19.7. The van der Waals surface area contributed by atoms with Crippen molar-refractivity contribution in [2.75, 3.05) is 12.4 Å². The van der Waals surface area contributed by atoms with E-state index in [4.69, 9.17) is 4.74 Å². The zero-order valence-corrected chi connectivity index (χ0v) is 17.8. The number of allylic oxidation sites excluding steroid dienone is 2. The van der Waals surface area contributed by atoms with E-state index in [2.05, 4.69) is 35.8 Å². The number of hydrogen-bond acceptors (Lipinski definition) is 6. The van der Waals surface area contributed by atoms with Crippen molar-refractivity contribution in [2.45, 2.75) is 24.8 Å². The lowest BCUT2D eigenvalue weighted by atomic mass is 10.2. The fourth-order valence-electron chi connectivity index (χ4n) is 2.98. The van der Waals surface area contributed by atoms with E-state index in [0.717, 1.165) is 43.7 Å². The number of ether oxygens (including phenoxy) is 1. The molecule has 1 aliphatic heterocycles. The van der Waals surface area contributed by atoms with Gasteiger partial charge in [-0.2, -0.15) is 4.57 Å². The van der Waals surface area contributed by atoms with Crippen LogP contribution in [0, 0.1) is 0 Å². The zero-order valence-electron chi connectivity index (χ0n) is 15.4. The van der Waals surface area contributed by atoms with Gasteiger partial charge in [-0.15, -0.1) is 11.3 Å². The van der Waals surface area contributed by atoms with E-state index in [-0.39, 0.29) is 6.54 Å². The maximum Gasteiger partial charge on any atom is 0.370 e. The maximum absolute atomic E-state index is 11.3. The highest BCUT2D eigenvalue weighted by atomic mass is 32.2. The third-order valence-corrected chi connectivity index (χ3v) is 7.36. The molecule has 144 valence electrons. The van der Waals surface area contributed by atoms with Gasteiger partial charge in [0, 0.05) is 22.4 Å². The lowest BCUT2D eigenvalue weighted by Crippen LogP contribution is -2.38. The predicted octanol–water partition coefficient (Wildman–Crippen LogP) is 5.20. The molecule has 3 heterocycles. The molecule has 4 rings (SSSR count). The number of thiazole rings is 1. The van der Waals surface area contributed by atoms with Gasteiger partial charge in [-0.05, 0) is 30.2 Å². The number of aliphatic carboxylic acids is 1. The molecule has 0 unspecified atom stereocenters.